The fraction of sp³-hybridized carbons (Fsp3) is 0.583. The minimum atomic E-state index is -1.02. The minimum absolute atomic E-state index is 0.204. The van der Waals surface area contributed by atoms with Gasteiger partial charge in [-0.1, -0.05) is 0 Å². The summed E-state index contributed by atoms with van der Waals surface area (Å²) in [5.74, 6) is -1.32. The van der Waals surface area contributed by atoms with Crippen molar-refractivity contribution in [3.63, 3.8) is 0 Å². The molecule has 0 aliphatic heterocycles. The first-order valence-electron chi connectivity index (χ1n) is 6.12. The Bertz CT molecular complexity index is 392. The first-order valence-corrected chi connectivity index (χ1v) is 6.12. The summed E-state index contributed by atoms with van der Waals surface area (Å²) in [6, 6.07) is 0.906. The third-order valence-electron chi connectivity index (χ3n) is 2.60. The first-order chi connectivity index (χ1) is 9.13. The zero-order chi connectivity index (χ0) is 14.1. The summed E-state index contributed by atoms with van der Waals surface area (Å²) < 4.78 is 6.48. The van der Waals surface area contributed by atoms with Gasteiger partial charge in [0.05, 0.1) is 0 Å². The number of aryl methyl sites for hydroxylation is 1. The molecule has 2 N–H and O–H groups in total. The number of rotatable bonds is 9. The van der Waals surface area contributed by atoms with Gasteiger partial charge in [0.15, 0.2) is 0 Å². The van der Waals surface area contributed by atoms with Crippen LogP contribution in [0.15, 0.2) is 18.5 Å². The number of methoxy groups -OCH3 is 1. The van der Waals surface area contributed by atoms with Gasteiger partial charge in [0.2, 0.25) is 5.91 Å². The Labute approximate surface area is 111 Å². The van der Waals surface area contributed by atoms with Crippen molar-refractivity contribution in [1.29, 1.82) is 0 Å². The lowest BCUT2D eigenvalue weighted by atomic mass is 10.1. The van der Waals surface area contributed by atoms with E-state index in [9.17, 15) is 9.59 Å². The second-order valence-electron chi connectivity index (χ2n) is 4.11. The minimum Gasteiger partial charge on any atom is -0.480 e. The Kier molecular flexibility index (Phi) is 6.59. The molecule has 0 spiro atoms. The van der Waals surface area contributed by atoms with Crippen molar-refractivity contribution in [1.82, 2.24) is 15.1 Å². The third kappa shape index (κ3) is 6.01. The number of hydrogen-bond donors (Lipinski definition) is 2. The van der Waals surface area contributed by atoms with E-state index in [1.54, 1.807) is 30.3 Å². The van der Waals surface area contributed by atoms with Crippen LogP contribution in [0.3, 0.4) is 0 Å². The highest BCUT2D eigenvalue weighted by molar-refractivity contribution is 5.83. The Morgan fingerprint density at radius 3 is 2.89 bits per heavy atom. The molecule has 0 aliphatic carbocycles. The average molecular weight is 269 g/mol. The Morgan fingerprint density at radius 1 is 1.53 bits per heavy atom. The molecule has 7 heteroatoms. The summed E-state index contributed by atoms with van der Waals surface area (Å²) >= 11 is 0. The summed E-state index contributed by atoms with van der Waals surface area (Å²) in [5, 5.41) is 15.5. The number of hydrogen-bond acceptors (Lipinski definition) is 4. The maximum absolute atomic E-state index is 11.6. The van der Waals surface area contributed by atoms with E-state index in [2.05, 4.69) is 10.4 Å². The van der Waals surface area contributed by atoms with Crippen LogP contribution in [0.25, 0.3) is 0 Å². The van der Waals surface area contributed by atoms with Crippen molar-refractivity contribution in [2.24, 2.45) is 0 Å². The molecule has 0 aliphatic rings. The summed E-state index contributed by atoms with van der Waals surface area (Å²) in [6.45, 7) is 0.913. The maximum atomic E-state index is 11.6. The molecule has 0 bridgehead atoms. The van der Waals surface area contributed by atoms with E-state index in [4.69, 9.17) is 9.84 Å². The van der Waals surface area contributed by atoms with E-state index < -0.39 is 12.0 Å². The van der Waals surface area contributed by atoms with Gasteiger partial charge in [0, 0.05) is 39.1 Å². The van der Waals surface area contributed by atoms with E-state index >= 15 is 0 Å². The molecule has 1 aromatic heterocycles. The molecule has 1 rings (SSSR count). The van der Waals surface area contributed by atoms with Gasteiger partial charge in [0.1, 0.15) is 6.04 Å². The van der Waals surface area contributed by atoms with E-state index in [0.717, 1.165) is 0 Å². The molecule has 1 aromatic rings. The molecular formula is C12H19N3O4. The molecule has 0 radical (unpaired) electrons. The number of carboxylic acids is 1. The van der Waals surface area contributed by atoms with Crippen molar-refractivity contribution >= 4 is 11.9 Å². The Balaban J connectivity index is 2.32. The van der Waals surface area contributed by atoms with Crippen molar-refractivity contribution in [3.8, 4) is 0 Å². The highest BCUT2D eigenvalue weighted by Crippen LogP contribution is 1.99. The third-order valence-corrected chi connectivity index (χ3v) is 2.60. The van der Waals surface area contributed by atoms with Gasteiger partial charge in [-0.15, -0.1) is 0 Å². The summed E-state index contributed by atoms with van der Waals surface area (Å²) in [5.41, 5.74) is 0. The van der Waals surface area contributed by atoms with Crippen molar-refractivity contribution in [2.45, 2.75) is 31.8 Å². The number of carbonyl (C=O) groups excluding carboxylic acids is 1. The van der Waals surface area contributed by atoms with E-state index in [1.165, 1.54) is 0 Å². The number of nitrogens with zero attached hydrogens (tertiary/aromatic N) is 2. The molecule has 0 fully saturated rings. The van der Waals surface area contributed by atoms with Crippen molar-refractivity contribution < 1.29 is 19.4 Å². The monoisotopic (exact) mass is 269 g/mol. The van der Waals surface area contributed by atoms with Gasteiger partial charge in [-0.05, 0) is 18.9 Å². The predicted molar refractivity (Wildman–Crippen MR) is 67.5 cm³/mol. The van der Waals surface area contributed by atoms with Crippen LogP contribution < -0.4 is 5.32 Å². The van der Waals surface area contributed by atoms with Crippen LogP contribution in [0, 0.1) is 0 Å². The van der Waals surface area contributed by atoms with Crippen molar-refractivity contribution in [3.05, 3.63) is 18.5 Å². The smallest absolute Gasteiger partial charge is 0.326 e. The predicted octanol–water partition coefficient (Wildman–Crippen LogP) is 0.269. The number of carbonyl (C=O) groups is 2. The zero-order valence-corrected chi connectivity index (χ0v) is 10.9. The van der Waals surface area contributed by atoms with Crippen LogP contribution in [-0.2, 0) is 20.9 Å². The standard InChI is InChI=1S/C12H19N3O4/c1-19-9-2-4-10(12(17)18)14-11(16)5-8-15-7-3-6-13-15/h3,6-7,10H,2,4-5,8-9H2,1H3,(H,14,16)(H,17,18). The lowest BCUT2D eigenvalue weighted by Gasteiger charge is -2.14. The molecular weight excluding hydrogens is 250 g/mol. The van der Waals surface area contributed by atoms with Crippen LogP contribution in [0.2, 0.25) is 0 Å². The zero-order valence-electron chi connectivity index (χ0n) is 10.9. The molecule has 19 heavy (non-hydrogen) atoms. The second-order valence-corrected chi connectivity index (χ2v) is 4.11. The molecule has 1 amide bonds. The van der Waals surface area contributed by atoms with Gasteiger partial charge in [-0.3, -0.25) is 9.48 Å². The molecule has 1 atom stereocenters. The molecule has 0 saturated heterocycles. The topological polar surface area (TPSA) is 93.5 Å². The van der Waals surface area contributed by atoms with Crippen molar-refractivity contribution in [2.75, 3.05) is 13.7 Å². The lowest BCUT2D eigenvalue weighted by Crippen LogP contribution is -2.41. The largest absolute Gasteiger partial charge is 0.480 e. The summed E-state index contributed by atoms with van der Waals surface area (Å²) in [7, 11) is 1.55. The number of nitrogens with one attached hydrogen (secondary N) is 1. The normalized spacial score (nSPS) is 12.1. The number of carboxylic acid groups (broad SMARTS) is 1. The van der Waals surface area contributed by atoms with E-state index in [1.807, 2.05) is 0 Å². The fourth-order valence-corrected chi connectivity index (χ4v) is 1.60. The van der Waals surface area contributed by atoms with Crippen LogP contribution in [-0.4, -0.2) is 46.5 Å². The average Bonchev–Trinajstić information content (AvgIpc) is 2.88. The maximum Gasteiger partial charge on any atom is 0.326 e. The molecule has 7 nitrogen and oxygen atoms in total. The Morgan fingerprint density at radius 2 is 2.32 bits per heavy atom. The fourth-order valence-electron chi connectivity index (χ4n) is 1.60. The van der Waals surface area contributed by atoms with E-state index in [-0.39, 0.29) is 12.3 Å². The molecule has 1 unspecified atom stereocenters. The van der Waals surface area contributed by atoms with E-state index in [0.29, 0.717) is 26.0 Å². The molecule has 106 valence electrons. The van der Waals surface area contributed by atoms with Crippen LogP contribution >= 0.6 is 0 Å². The Hall–Kier alpha value is -1.89. The quantitative estimate of drug-likeness (QED) is 0.628. The van der Waals surface area contributed by atoms with Crippen LogP contribution in [0.1, 0.15) is 19.3 Å². The van der Waals surface area contributed by atoms with Gasteiger partial charge in [0.25, 0.3) is 0 Å². The molecule has 0 aromatic carbocycles. The number of amides is 1. The van der Waals surface area contributed by atoms with Gasteiger partial charge < -0.3 is 15.2 Å². The SMILES string of the molecule is COCCCC(NC(=O)CCn1cccn1)C(=O)O. The first kappa shape index (κ1) is 15.2. The highest BCUT2D eigenvalue weighted by Gasteiger charge is 2.19. The van der Waals surface area contributed by atoms with Crippen LogP contribution in [0.5, 0.6) is 0 Å². The number of aliphatic carboxylic acids is 1. The second kappa shape index (κ2) is 8.25. The molecule has 0 saturated carbocycles. The molecule has 1 heterocycles. The number of aromatic nitrogens is 2. The van der Waals surface area contributed by atoms with Gasteiger partial charge >= 0.3 is 5.97 Å². The summed E-state index contributed by atoms with van der Waals surface area (Å²) in [6.07, 6.45) is 4.53. The summed E-state index contributed by atoms with van der Waals surface area (Å²) in [4.78, 5) is 22.6. The van der Waals surface area contributed by atoms with Gasteiger partial charge in [-0.2, -0.15) is 5.10 Å². The lowest BCUT2D eigenvalue weighted by molar-refractivity contribution is -0.142. The van der Waals surface area contributed by atoms with Crippen LogP contribution in [0.4, 0.5) is 0 Å². The number of ether oxygens (including phenoxy) is 1. The highest BCUT2D eigenvalue weighted by atomic mass is 16.5. The van der Waals surface area contributed by atoms with Gasteiger partial charge in [-0.25, -0.2) is 4.79 Å².